The summed E-state index contributed by atoms with van der Waals surface area (Å²) in [7, 11) is 0. The number of hydrogen-bond acceptors (Lipinski definition) is 4. The van der Waals surface area contributed by atoms with E-state index in [1.54, 1.807) is 0 Å². The number of rotatable bonds is 7. The van der Waals surface area contributed by atoms with Gasteiger partial charge in [0, 0.05) is 17.6 Å². The summed E-state index contributed by atoms with van der Waals surface area (Å²) >= 11 is 0. The van der Waals surface area contributed by atoms with E-state index < -0.39 is 18.2 Å². The number of aliphatic hydroxyl groups is 1. The first-order valence-corrected chi connectivity index (χ1v) is 4.80. The lowest BCUT2D eigenvalue weighted by Crippen LogP contribution is -2.18. The van der Waals surface area contributed by atoms with Crippen molar-refractivity contribution in [2.24, 2.45) is 0 Å². The van der Waals surface area contributed by atoms with Gasteiger partial charge in [0.25, 0.3) is 0 Å². The van der Waals surface area contributed by atoms with Crippen molar-refractivity contribution in [1.82, 2.24) is 0 Å². The van der Waals surface area contributed by atoms with Crippen LogP contribution in [0.2, 0.25) is 0 Å². The maximum atomic E-state index is 11.0. The van der Waals surface area contributed by atoms with Gasteiger partial charge in [-0.25, -0.2) is 9.59 Å². The number of esters is 1. The predicted octanol–water partition coefficient (Wildman–Crippen LogP) is 1.24. The zero-order valence-electron chi connectivity index (χ0n) is 9.23. The molecule has 0 aliphatic rings. The molecular formula is C11H16O5. The fourth-order valence-electron chi connectivity index (χ4n) is 0.880. The predicted molar refractivity (Wildman–Crippen MR) is 57.5 cm³/mol. The third kappa shape index (κ3) is 5.98. The highest BCUT2D eigenvalue weighted by molar-refractivity contribution is 5.87. The number of carboxylic acids is 1. The van der Waals surface area contributed by atoms with Crippen molar-refractivity contribution in [3.63, 3.8) is 0 Å². The standard InChI is InChI=1S/C11H16O5/c1-7(2)11(15)16-9(12)6-4-5-8(3)10(13)14/h9,12H,1,3-6H2,2H3,(H,13,14). The molecule has 0 aromatic heterocycles. The van der Waals surface area contributed by atoms with Gasteiger partial charge in [-0.3, -0.25) is 0 Å². The van der Waals surface area contributed by atoms with Crippen molar-refractivity contribution in [3.05, 3.63) is 24.3 Å². The third-order valence-electron chi connectivity index (χ3n) is 1.82. The van der Waals surface area contributed by atoms with E-state index in [0.29, 0.717) is 6.42 Å². The van der Waals surface area contributed by atoms with Gasteiger partial charge >= 0.3 is 11.9 Å². The molecule has 0 spiro atoms. The lowest BCUT2D eigenvalue weighted by atomic mass is 10.1. The zero-order valence-corrected chi connectivity index (χ0v) is 9.23. The fourth-order valence-corrected chi connectivity index (χ4v) is 0.880. The molecule has 1 unspecified atom stereocenters. The van der Waals surface area contributed by atoms with E-state index >= 15 is 0 Å². The maximum Gasteiger partial charge on any atom is 0.335 e. The number of aliphatic carboxylic acids is 1. The molecule has 0 aromatic rings. The third-order valence-corrected chi connectivity index (χ3v) is 1.82. The Kier molecular flexibility index (Phi) is 6.10. The average molecular weight is 228 g/mol. The van der Waals surface area contributed by atoms with Crippen LogP contribution in [-0.4, -0.2) is 28.4 Å². The first kappa shape index (κ1) is 14.4. The van der Waals surface area contributed by atoms with Gasteiger partial charge in [0.05, 0.1) is 0 Å². The van der Waals surface area contributed by atoms with Gasteiger partial charge in [-0.05, 0) is 19.8 Å². The number of ether oxygens (including phenoxy) is 1. The topological polar surface area (TPSA) is 83.8 Å². The van der Waals surface area contributed by atoms with E-state index in [1.807, 2.05) is 0 Å². The first-order chi connectivity index (χ1) is 7.34. The Morgan fingerprint density at radius 1 is 1.38 bits per heavy atom. The molecule has 2 N–H and O–H groups in total. The summed E-state index contributed by atoms with van der Waals surface area (Å²) in [6.45, 7) is 8.17. The molecule has 0 amide bonds. The molecule has 16 heavy (non-hydrogen) atoms. The number of carbonyl (C=O) groups is 2. The van der Waals surface area contributed by atoms with Crippen LogP contribution in [0.4, 0.5) is 0 Å². The van der Waals surface area contributed by atoms with Crippen molar-refractivity contribution in [3.8, 4) is 0 Å². The van der Waals surface area contributed by atoms with Crippen molar-refractivity contribution in [2.75, 3.05) is 0 Å². The monoisotopic (exact) mass is 228 g/mol. The van der Waals surface area contributed by atoms with E-state index in [9.17, 15) is 14.7 Å². The minimum atomic E-state index is -1.23. The quantitative estimate of drug-likeness (QED) is 0.389. The highest BCUT2D eigenvalue weighted by Gasteiger charge is 2.12. The second kappa shape index (κ2) is 6.79. The van der Waals surface area contributed by atoms with Gasteiger partial charge in [0.15, 0.2) is 0 Å². The van der Waals surface area contributed by atoms with Crippen LogP contribution in [0.1, 0.15) is 26.2 Å². The molecule has 0 rings (SSSR count). The average Bonchev–Trinajstić information content (AvgIpc) is 2.16. The van der Waals surface area contributed by atoms with Crippen LogP contribution in [0.5, 0.6) is 0 Å². The summed E-state index contributed by atoms with van der Waals surface area (Å²) in [5.74, 6) is -1.72. The Labute approximate surface area is 94.0 Å². The molecule has 5 heteroatoms. The van der Waals surface area contributed by atoms with Crippen molar-refractivity contribution >= 4 is 11.9 Å². The molecule has 0 saturated heterocycles. The summed E-state index contributed by atoms with van der Waals surface area (Å²) < 4.78 is 4.59. The van der Waals surface area contributed by atoms with E-state index in [-0.39, 0.29) is 24.0 Å². The number of carboxylic acid groups (broad SMARTS) is 1. The molecule has 0 bridgehead atoms. The molecule has 1 atom stereocenters. The van der Waals surface area contributed by atoms with E-state index in [0.717, 1.165) is 0 Å². The molecule has 0 aliphatic carbocycles. The maximum absolute atomic E-state index is 11.0. The molecule has 0 fully saturated rings. The van der Waals surface area contributed by atoms with Crippen LogP contribution in [-0.2, 0) is 14.3 Å². The van der Waals surface area contributed by atoms with Gasteiger partial charge in [0.2, 0.25) is 6.29 Å². The van der Waals surface area contributed by atoms with Crippen LogP contribution in [0.15, 0.2) is 24.3 Å². The highest BCUT2D eigenvalue weighted by Crippen LogP contribution is 2.09. The molecule has 0 aromatic carbocycles. The minimum absolute atomic E-state index is 0.0680. The van der Waals surface area contributed by atoms with Gasteiger partial charge in [-0.1, -0.05) is 13.2 Å². The Hall–Kier alpha value is -1.62. The van der Waals surface area contributed by atoms with Gasteiger partial charge < -0.3 is 14.9 Å². The summed E-state index contributed by atoms with van der Waals surface area (Å²) in [5.41, 5.74) is 0.271. The second-order valence-electron chi connectivity index (χ2n) is 3.44. The van der Waals surface area contributed by atoms with E-state index in [4.69, 9.17) is 5.11 Å². The van der Waals surface area contributed by atoms with Gasteiger partial charge in [-0.15, -0.1) is 0 Å². The first-order valence-electron chi connectivity index (χ1n) is 4.80. The molecule has 90 valence electrons. The SMILES string of the molecule is C=C(C)C(=O)OC(O)CCCC(=C)C(=O)O. The summed E-state index contributed by atoms with van der Waals surface area (Å²) in [6.07, 6.45) is -0.427. The Morgan fingerprint density at radius 2 is 1.94 bits per heavy atom. The second-order valence-corrected chi connectivity index (χ2v) is 3.44. The van der Waals surface area contributed by atoms with Crippen LogP contribution in [0.3, 0.4) is 0 Å². The summed E-state index contributed by atoms with van der Waals surface area (Å²) in [4.78, 5) is 21.3. The fraction of sp³-hybridized carbons (Fsp3) is 0.455. The lowest BCUT2D eigenvalue weighted by molar-refractivity contribution is -0.163. The lowest BCUT2D eigenvalue weighted by Gasteiger charge is -2.11. The van der Waals surface area contributed by atoms with Crippen LogP contribution >= 0.6 is 0 Å². The van der Waals surface area contributed by atoms with E-state index in [1.165, 1.54) is 6.92 Å². The van der Waals surface area contributed by atoms with Crippen molar-refractivity contribution in [1.29, 1.82) is 0 Å². The Morgan fingerprint density at radius 3 is 2.38 bits per heavy atom. The molecular weight excluding hydrogens is 212 g/mol. The van der Waals surface area contributed by atoms with Crippen molar-refractivity contribution in [2.45, 2.75) is 32.5 Å². The van der Waals surface area contributed by atoms with E-state index in [2.05, 4.69) is 17.9 Å². The number of carbonyl (C=O) groups excluding carboxylic acids is 1. The van der Waals surface area contributed by atoms with Gasteiger partial charge in [-0.2, -0.15) is 0 Å². The summed E-state index contributed by atoms with van der Waals surface area (Å²) in [6, 6.07) is 0. The summed E-state index contributed by atoms with van der Waals surface area (Å²) in [5, 5.41) is 17.8. The molecule has 0 radical (unpaired) electrons. The molecule has 0 aliphatic heterocycles. The van der Waals surface area contributed by atoms with Gasteiger partial charge in [0.1, 0.15) is 0 Å². The largest absolute Gasteiger partial charge is 0.478 e. The Balaban J connectivity index is 3.78. The molecule has 5 nitrogen and oxygen atoms in total. The highest BCUT2D eigenvalue weighted by atomic mass is 16.6. The van der Waals surface area contributed by atoms with Crippen LogP contribution in [0, 0.1) is 0 Å². The molecule has 0 heterocycles. The van der Waals surface area contributed by atoms with Crippen LogP contribution in [0.25, 0.3) is 0 Å². The van der Waals surface area contributed by atoms with Crippen LogP contribution < -0.4 is 0 Å². The molecule has 0 saturated carbocycles. The Bertz CT molecular complexity index is 305. The number of aliphatic hydroxyl groups excluding tert-OH is 1. The minimum Gasteiger partial charge on any atom is -0.478 e. The normalized spacial score (nSPS) is 11.6. The zero-order chi connectivity index (χ0) is 12.7. The van der Waals surface area contributed by atoms with Crippen molar-refractivity contribution < 1.29 is 24.5 Å². The smallest absolute Gasteiger partial charge is 0.335 e. The number of hydrogen-bond donors (Lipinski definition) is 2.